The van der Waals surface area contributed by atoms with Crippen LogP contribution in [0, 0.1) is 5.92 Å². The molecule has 2 N–H and O–H groups in total. The lowest BCUT2D eigenvalue weighted by molar-refractivity contribution is -0.139. The van der Waals surface area contributed by atoms with Crippen LogP contribution in [0.5, 0.6) is 0 Å². The van der Waals surface area contributed by atoms with Crippen LogP contribution in [0.4, 0.5) is 0 Å². The van der Waals surface area contributed by atoms with Crippen LogP contribution in [0.3, 0.4) is 0 Å². The van der Waals surface area contributed by atoms with Crippen molar-refractivity contribution in [2.45, 2.75) is 70.1 Å². The van der Waals surface area contributed by atoms with Gasteiger partial charge in [0.25, 0.3) is 0 Å². The maximum atomic E-state index is 14.1. The van der Waals surface area contributed by atoms with E-state index in [-0.39, 0.29) is 23.4 Å². The van der Waals surface area contributed by atoms with Gasteiger partial charge in [0.15, 0.2) is 0 Å². The molecular formula is C36H43ClN4O2. The molecule has 7 heteroatoms. The lowest BCUT2D eigenvalue weighted by Gasteiger charge is -2.47. The summed E-state index contributed by atoms with van der Waals surface area (Å²) in [4.78, 5) is 32.0. The third kappa shape index (κ3) is 6.67. The largest absolute Gasteiger partial charge is 0.344 e. The number of hydrogen-bond donors (Lipinski definition) is 2. The van der Waals surface area contributed by atoms with Crippen LogP contribution in [0.2, 0.25) is 5.02 Å². The molecule has 3 aromatic carbocycles. The van der Waals surface area contributed by atoms with Gasteiger partial charge in [0, 0.05) is 62.2 Å². The van der Waals surface area contributed by atoms with Crippen molar-refractivity contribution in [1.82, 2.24) is 20.4 Å². The number of benzene rings is 3. The molecule has 3 aromatic rings. The van der Waals surface area contributed by atoms with Crippen molar-refractivity contribution in [3.8, 4) is 0 Å². The molecule has 0 spiro atoms. The number of hydrogen-bond acceptors (Lipinski definition) is 4. The highest BCUT2D eigenvalue weighted by Gasteiger charge is 2.44. The van der Waals surface area contributed by atoms with Gasteiger partial charge in [-0.1, -0.05) is 86.1 Å². The predicted molar refractivity (Wildman–Crippen MR) is 172 cm³/mol. The van der Waals surface area contributed by atoms with Crippen LogP contribution >= 0.6 is 11.6 Å². The number of fused-ring (bicyclic) bond motifs is 2. The van der Waals surface area contributed by atoms with Crippen molar-refractivity contribution >= 4 is 23.4 Å². The summed E-state index contributed by atoms with van der Waals surface area (Å²) in [5.41, 5.74) is 6.41. The van der Waals surface area contributed by atoms with E-state index in [9.17, 15) is 9.59 Å². The highest BCUT2D eigenvalue weighted by atomic mass is 35.5. The van der Waals surface area contributed by atoms with E-state index in [2.05, 4.69) is 65.8 Å². The number of nitrogens with zero attached hydrogens (tertiary/aromatic N) is 2. The minimum Gasteiger partial charge on any atom is -0.344 e. The highest BCUT2D eigenvalue weighted by molar-refractivity contribution is 6.30. The van der Waals surface area contributed by atoms with Crippen molar-refractivity contribution in [2.24, 2.45) is 5.92 Å². The van der Waals surface area contributed by atoms with Crippen molar-refractivity contribution < 1.29 is 9.59 Å². The number of amides is 2. The Morgan fingerprint density at radius 2 is 1.53 bits per heavy atom. The molecule has 2 aliphatic heterocycles. The molecular weight excluding hydrogens is 556 g/mol. The zero-order valence-corrected chi connectivity index (χ0v) is 26.1. The summed E-state index contributed by atoms with van der Waals surface area (Å²) in [7, 11) is 0. The van der Waals surface area contributed by atoms with E-state index >= 15 is 0 Å². The Kier molecular flexibility index (Phi) is 8.90. The number of nitrogens with one attached hydrogen (secondary N) is 2. The van der Waals surface area contributed by atoms with E-state index in [4.69, 9.17) is 11.6 Å². The molecule has 1 fully saturated rings. The lowest BCUT2D eigenvalue weighted by Crippen LogP contribution is -2.61. The number of rotatable bonds is 9. The van der Waals surface area contributed by atoms with E-state index in [1.807, 2.05) is 41.3 Å². The molecule has 0 saturated carbocycles. The molecule has 1 unspecified atom stereocenters. The fourth-order valence-electron chi connectivity index (χ4n) is 7.61. The first kappa shape index (κ1) is 29.9. The zero-order chi connectivity index (χ0) is 30.0. The second-order valence-electron chi connectivity index (χ2n) is 13.0. The fraction of sp³-hybridized carbons (Fsp3) is 0.444. The van der Waals surface area contributed by atoms with Gasteiger partial charge in [-0.3, -0.25) is 14.5 Å². The lowest BCUT2D eigenvalue weighted by atomic mass is 9.83. The first-order valence-corrected chi connectivity index (χ1v) is 16.1. The molecule has 2 heterocycles. The normalized spacial score (nSPS) is 20.1. The Morgan fingerprint density at radius 3 is 2.19 bits per heavy atom. The van der Waals surface area contributed by atoms with Crippen molar-refractivity contribution in [2.75, 3.05) is 26.2 Å². The minimum atomic E-state index is -0.628. The molecule has 0 aromatic heterocycles. The summed E-state index contributed by atoms with van der Waals surface area (Å²) >= 11 is 6.14. The van der Waals surface area contributed by atoms with E-state index in [0.29, 0.717) is 36.9 Å². The smallest absolute Gasteiger partial charge is 0.245 e. The molecule has 3 aliphatic rings. The van der Waals surface area contributed by atoms with Gasteiger partial charge < -0.3 is 15.5 Å². The van der Waals surface area contributed by atoms with E-state index in [0.717, 1.165) is 44.5 Å². The molecule has 6 rings (SSSR count). The van der Waals surface area contributed by atoms with Crippen LogP contribution < -0.4 is 10.6 Å². The molecule has 6 nitrogen and oxygen atoms in total. The van der Waals surface area contributed by atoms with Crippen molar-refractivity contribution in [3.05, 3.63) is 106 Å². The van der Waals surface area contributed by atoms with Gasteiger partial charge in [0.1, 0.15) is 6.04 Å². The monoisotopic (exact) mass is 598 g/mol. The van der Waals surface area contributed by atoms with Crippen molar-refractivity contribution in [1.29, 1.82) is 0 Å². The second-order valence-corrected chi connectivity index (χ2v) is 13.5. The predicted octanol–water partition coefficient (Wildman–Crippen LogP) is 5.33. The SMILES string of the molecule is CC(C)CC1(N2CCN(C(=O)[C@@H](Cc3ccc(Cl)cc3)NC(=O)CC3NCc4ccccc43)CC2)Cc2ccccc2C1. The quantitative estimate of drug-likeness (QED) is 0.349. The van der Waals surface area contributed by atoms with E-state index in [1.54, 1.807) is 0 Å². The molecule has 2 amide bonds. The van der Waals surface area contributed by atoms with Gasteiger partial charge in [-0.25, -0.2) is 0 Å². The van der Waals surface area contributed by atoms with Gasteiger partial charge in [-0.05, 0) is 65.1 Å². The van der Waals surface area contributed by atoms with Gasteiger partial charge in [0.05, 0.1) is 0 Å². The average Bonchev–Trinajstić information content (AvgIpc) is 3.59. The van der Waals surface area contributed by atoms with E-state index in [1.165, 1.54) is 22.3 Å². The van der Waals surface area contributed by atoms with Crippen LogP contribution in [0.1, 0.15) is 60.5 Å². The highest BCUT2D eigenvalue weighted by Crippen LogP contribution is 2.39. The van der Waals surface area contributed by atoms with Gasteiger partial charge in [-0.2, -0.15) is 0 Å². The Balaban J connectivity index is 1.14. The standard InChI is InChI=1S/C36H43ClN4O2/c1-25(2)21-36(22-27-7-3-4-8-28(27)23-36)41-17-15-40(16-18-41)35(43)33(19-26-11-13-30(37)14-12-26)39-34(42)20-32-31-10-6-5-9-29(31)24-38-32/h3-14,25,32-33,38H,15-24H2,1-2H3,(H,39,42)/t32?,33-/m1/s1. The third-order valence-electron chi connectivity index (χ3n) is 9.55. The van der Waals surface area contributed by atoms with Crippen LogP contribution in [0.15, 0.2) is 72.8 Å². The third-order valence-corrected chi connectivity index (χ3v) is 9.81. The first-order valence-electron chi connectivity index (χ1n) is 15.8. The Bertz CT molecular complexity index is 1420. The molecule has 226 valence electrons. The molecule has 0 radical (unpaired) electrons. The fourth-order valence-corrected chi connectivity index (χ4v) is 7.73. The summed E-state index contributed by atoms with van der Waals surface area (Å²) in [6.07, 6.45) is 4.02. The number of carbonyl (C=O) groups is 2. The number of carbonyl (C=O) groups excluding carboxylic acids is 2. The van der Waals surface area contributed by atoms with Gasteiger partial charge in [-0.15, -0.1) is 0 Å². The Morgan fingerprint density at radius 1 is 0.907 bits per heavy atom. The van der Waals surface area contributed by atoms with Crippen LogP contribution in [-0.4, -0.2) is 59.4 Å². The molecule has 43 heavy (non-hydrogen) atoms. The van der Waals surface area contributed by atoms with Crippen LogP contribution in [0.25, 0.3) is 0 Å². The molecule has 1 aliphatic carbocycles. The zero-order valence-electron chi connectivity index (χ0n) is 25.3. The average molecular weight is 599 g/mol. The summed E-state index contributed by atoms with van der Waals surface area (Å²) in [6, 6.07) is 24.0. The minimum absolute atomic E-state index is 0.00431. The number of piperazine rings is 1. The maximum absolute atomic E-state index is 14.1. The summed E-state index contributed by atoms with van der Waals surface area (Å²) < 4.78 is 0. The second kappa shape index (κ2) is 12.8. The topological polar surface area (TPSA) is 64.7 Å². The van der Waals surface area contributed by atoms with Gasteiger partial charge >= 0.3 is 0 Å². The Hall–Kier alpha value is -3.19. The summed E-state index contributed by atoms with van der Waals surface area (Å²) in [5, 5.41) is 7.24. The summed E-state index contributed by atoms with van der Waals surface area (Å²) in [5.74, 6) is 0.476. The van der Waals surface area contributed by atoms with Crippen LogP contribution in [-0.2, 0) is 35.4 Å². The van der Waals surface area contributed by atoms with E-state index < -0.39 is 6.04 Å². The van der Waals surface area contributed by atoms with Gasteiger partial charge in [0.2, 0.25) is 11.8 Å². The maximum Gasteiger partial charge on any atom is 0.245 e. The molecule has 0 bridgehead atoms. The first-order chi connectivity index (χ1) is 20.8. The summed E-state index contributed by atoms with van der Waals surface area (Å²) in [6.45, 7) is 8.41. The number of halogens is 1. The molecule has 1 saturated heterocycles. The van der Waals surface area contributed by atoms with Crippen molar-refractivity contribution in [3.63, 3.8) is 0 Å². The Labute approximate surface area is 260 Å². The molecule has 2 atom stereocenters.